The Morgan fingerprint density at radius 3 is 2.72 bits per heavy atom. The van der Waals surface area contributed by atoms with Gasteiger partial charge < -0.3 is 14.9 Å². The fourth-order valence-corrected chi connectivity index (χ4v) is 5.40. The Bertz CT molecular complexity index is 1370. The van der Waals surface area contributed by atoms with Gasteiger partial charge in [-0.05, 0) is 31.5 Å². The second-order valence-corrected chi connectivity index (χ2v) is 9.70. The van der Waals surface area contributed by atoms with E-state index in [0.717, 1.165) is 15.8 Å². The molecule has 0 amide bonds. The van der Waals surface area contributed by atoms with Crippen molar-refractivity contribution in [1.29, 1.82) is 0 Å². The average molecular weight is 451 g/mol. The predicted molar refractivity (Wildman–Crippen MR) is 122 cm³/mol. The molecule has 2 N–H and O–H groups in total. The third-order valence-electron chi connectivity index (χ3n) is 5.81. The molecule has 0 unspecified atom stereocenters. The molecule has 0 saturated carbocycles. The van der Waals surface area contributed by atoms with Crippen LogP contribution < -0.4 is 16.0 Å². The van der Waals surface area contributed by atoms with Crippen molar-refractivity contribution in [3.05, 3.63) is 81.0 Å². The fraction of sp³-hybridized carbons (Fsp3) is 0.292. The first-order valence-corrected chi connectivity index (χ1v) is 11.3. The number of nitrogen functional groups attached to an aromatic ring is 1. The molecule has 0 fully saturated rings. The Balaban J connectivity index is 1.72. The maximum absolute atomic E-state index is 13.6. The molecule has 8 heteroatoms. The van der Waals surface area contributed by atoms with Crippen LogP contribution in [0.3, 0.4) is 0 Å². The van der Waals surface area contributed by atoms with Crippen LogP contribution in [0.1, 0.15) is 40.4 Å². The molecule has 32 heavy (non-hydrogen) atoms. The van der Waals surface area contributed by atoms with Crippen LogP contribution in [0.25, 0.3) is 10.2 Å². The molecule has 0 atom stereocenters. The molecule has 0 aliphatic carbocycles. The number of benzene rings is 1. The molecule has 1 aliphatic rings. The van der Waals surface area contributed by atoms with Gasteiger partial charge in [0.25, 0.3) is 0 Å². The molecule has 7 nitrogen and oxygen atoms in total. The third kappa shape index (κ3) is 3.55. The highest BCUT2D eigenvalue weighted by atomic mass is 32.1. The van der Waals surface area contributed by atoms with E-state index < -0.39 is 0 Å². The second kappa shape index (κ2) is 7.72. The minimum absolute atomic E-state index is 0.0680. The van der Waals surface area contributed by atoms with Gasteiger partial charge in [0.2, 0.25) is 11.6 Å². The number of Topliss-reactive ketones (excluding diaryl/α,β-unsaturated/α-hetero) is 1. The first-order chi connectivity index (χ1) is 15.3. The van der Waals surface area contributed by atoms with Crippen LogP contribution in [0.5, 0.6) is 0 Å². The summed E-state index contributed by atoms with van der Waals surface area (Å²) in [6.07, 6.45) is 2.24. The number of rotatable bonds is 5. The lowest BCUT2D eigenvalue weighted by atomic mass is 9.94. The number of fused-ring (bicyclic) bond motifs is 3. The van der Waals surface area contributed by atoms with E-state index in [1.807, 2.05) is 32.0 Å². The van der Waals surface area contributed by atoms with E-state index in [9.17, 15) is 9.59 Å². The molecule has 164 valence electrons. The molecule has 0 saturated heterocycles. The van der Waals surface area contributed by atoms with Gasteiger partial charge in [0, 0.05) is 16.9 Å². The number of nitrogens with zero attached hydrogens (tertiary/aromatic N) is 2. The van der Waals surface area contributed by atoms with Crippen LogP contribution in [0.2, 0.25) is 0 Å². The Morgan fingerprint density at radius 2 is 2.00 bits per heavy atom. The quantitative estimate of drug-likeness (QED) is 0.372. The fourth-order valence-electron chi connectivity index (χ4n) is 4.17. The lowest BCUT2D eigenvalue weighted by molar-refractivity contribution is -0.674. The summed E-state index contributed by atoms with van der Waals surface area (Å²) in [5.74, 6) is 0.873. The van der Waals surface area contributed by atoms with Gasteiger partial charge in [-0.1, -0.05) is 41.7 Å². The molecule has 5 rings (SSSR count). The van der Waals surface area contributed by atoms with Crippen LogP contribution >= 0.6 is 11.3 Å². The molecule has 3 aromatic heterocycles. The van der Waals surface area contributed by atoms with Crippen molar-refractivity contribution in [2.75, 3.05) is 5.73 Å². The van der Waals surface area contributed by atoms with Crippen LogP contribution in [0, 0.1) is 0 Å². The normalized spacial score (nSPS) is 15.1. The van der Waals surface area contributed by atoms with Crippen molar-refractivity contribution in [3.63, 3.8) is 0 Å². The zero-order chi connectivity index (χ0) is 22.5. The van der Waals surface area contributed by atoms with Gasteiger partial charge in [-0.25, -0.2) is 0 Å². The highest BCUT2D eigenvalue weighted by molar-refractivity contribution is 7.18. The number of ether oxygens (including phenoxy) is 1. The number of nitrogens with two attached hydrogens (primary N) is 1. The standard InChI is InChI=1S/C24H23N3O4S/c1-24(2)11-17-19(14-31-24)32-22-20(17)21(25)26(12-16-9-6-10-30-16)23(29)27(22)13-18(28)15-7-4-3-5-8-15/h3-10,25H,11-14H2,1-2H3/p+1. The zero-order valence-corrected chi connectivity index (χ0v) is 18.8. The average Bonchev–Trinajstić information content (AvgIpc) is 3.41. The van der Waals surface area contributed by atoms with Gasteiger partial charge in [0.15, 0.2) is 17.9 Å². The van der Waals surface area contributed by atoms with Crippen LogP contribution in [0.4, 0.5) is 5.82 Å². The van der Waals surface area contributed by atoms with Crippen LogP contribution in [0.15, 0.2) is 57.9 Å². The van der Waals surface area contributed by atoms with Gasteiger partial charge in [0.1, 0.15) is 11.1 Å². The highest BCUT2D eigenvalue weighted by Gasteiger charge is 2.35. The smallest absolute Gasteiger partial charge is 0.465 e. The van der Waals surface area contributed by atoms with Gasteiger partial charge in [-0.15, -0.1) is 0 Å². The minimum atomic E-state index is -0.338. The van der Waals surface area contributed by atoms with E-state index in [-0.39, 0.29) is 30.2 Å². The van der Waals surface area contributed by atoms with E-state index in [4.69, 9.17) is 14.9 Å². The van der Waals surface area contributed by atoms with Crippen LogP contribution in [-0.4, -0.2) is 16.0 Å². The molecule has 4 aromatic rings. The molecule has 1 aliphatic heterocycles. The monoisotopic (exact) mass is 450 g/mol. The summed E-state index contributed by atoms with van der Waals surface area (Å²) in [5.41, 5.74) is 7.57. The Morgan fingerprint density at radius 1 is 1.22 bits per heavy atom. The Hall–Kier alpha value is -3.23. The number of carbonyl (C=O) groups excluding carboxylic acids is 1. The van der Waals surface area contributed by atoms with E-state index in [1.54, 1.807) is 35.1 Å². The van der Waals surface area contributed by atoms with E-state index in [2.05, 4.69) is 0 Å². The van der Waals surface area contributed by atoms with Gasteiger partial charge in [-0.3, -0.25) is 4.79 Å². The van der Waals surface area contributed by atoms with Crippen LogP contribution in [-0.2, 0) is 30.9 Å². The predicted octanol–water partition coefficient (Wildman–Crippen LogP) is 3.31. The van der Waals surface area contributed by atoms with E-state index in [0.29, 0.717) is 35.0 Å². The zero-order valence-electron chi connectivity index (χ0n) is 18.0. The molecule has 4 heterocycles. The minimum Gasteiger partial charge on any atom is -0.465 e. The first kappa shape index (κ1) is 20.7. The molecule has 1 aromatic carbocycles. The van der Waals surface area contributed by atoms with Crippen molar-refractivity contribution in [3.8, 4) is 0 Å². The largest absolute Gasteiger partial charge is 0.501 e. The number of thiophene rings is 1. The summed E-state index contributed by atoms with van der Waals surface area (Å²) in [7, 11) is 0. The topological polar surface area (TPSA) is 91.3 Å². The van der Waals surface area contributed by atoms with Crippen molar-refractivity contribution in [2.45, 2.75) is 45.6 Å². The Kier molecular flexibility index (Phi) is 4.98. The molecule has 0 radical (unpaired) electrons. The van der Waals surface area contributed by atoms with Crippen molar-refractivity contribution >= 4 is 33.2 Å². The lowest BCUT2D eigenvalue weighted by Crippen LogP contribution is -2.56. The second-order valence-electron chi connectivity index (χ2n) is 8.62. The van der Waals surface area contributed by atoms with Gasteiger partial charge in [0.05, 0.1) is 18.5 Å². The SMILES string of the molecule is CC1(C)Cc2c(sc3c2c(N)n(Cc2ccco2)c(=O)[n+]3CC(=O)c2ccccc2)CO1. The summed E-state index contributed by atoms with van der Waals surface area (Å²) in [6, 6.07) is 12.6. The summed E-state index contributed by atoms with van der Waals surface area (Å²) < 4.78 is 14.5. The molecule has 0 spiro atoms. The van der Waals surface area contributed by atoms with Gasteiger partial charge >= 0.3 is 5.69 Å². The van der Waals surface area contributed by atoms with Gasteiger partial charge in [-0.2, -0.15) is 13.9 Å². The summed E-state index contributed by atoms with van der Waals surface area (Å²) in [4.78, 5) is 28.3. The molecule has 0 bridgehead atoms. The first-order valence-electron chi connectivity index (χ1n) is 10.4. The van der Waals surface area contributed by atoms with Crippen molar-refractivity contribution in [1.82, 2.24) is 4.57 Å². The number of furan rings is 1. The maximum atomic E-state index is 13.6. The Labute approximate surface area is 188 Å². The molecular formula is C24H24N3O4S+. The number of aromatic nitrogens is 2. The number of anilines is 1. The van der Waals surface area contributed by atoms with E-state index >= 15 is 0 Å². The summed E-state index contributed by atoms with van der Waals surface area (Å²) >= 11 is 1.48. The molecular weight excluding hydrogens is 426 g/mol. The highest BCUT2D eigenvalue weighted by Crippen LogP contribution is 2.39. The lowest BCUT2D eigenvalue weighted by Gasteiger charge is -2.29. The van der Waals surface area contributed by atoms with Crippen molar-refractivity contribution in [2.24, 2.45) is 0 Å². The third-order valence-corrected chi connectivity index (χ3v) is 7.04. The summed E-state index contributed by atoms with van der Waals surface area (Å²) in [5, 5.41) is 0.827. The van der Waals surface area contributed by atoms with Crippen molar-refractivity contribution < 1.29 is 18.5 Å². The van der Waals surface area contributed by atoms with E-state index in [1.165, 1.54) is 15.9 Å². The maximum Gasteiger partial charge on any atom is 0.501 e. The number of hydrogen-bond donors (Lipinski definition) is 1. The summed E-state index contributed by atoms with van der Waals surface area (Å²) in [6.45, 7) is 4.67. The number of ketones is 1. The number of hydrogen-bond acceptors (Lipinski definition) is 6. The number of carbonyl (C=O) groups is 1.